The summed E-state index contributed by atoms with van der Waals surface area (Å²) >= 11 is 0. The highest BCUT2D eigenvalue weighted by Crippen LogP contribution is 2.21. The first-order valence-electron chi connectivity index (χ1n) is 7.34. The van der Waals surface area contributed by atoms with Gasteiger partial charge in [-0.3, -0.25) is 14.9 Å². The summed E-state index contributed by atoms with van der Waals surface area (Å²) in [5.41, 5.74) is 1.35. The second-order valence-corrected chi connectivity index (χ2v) is 5.93. The van der Waals surface area contributed by atoms with E-state index >= 15 is 0 Å². The van der Waals surface area contributed by atoms with Crippen molar-refractivity contribution in [2.75, 3.05) is 25.0 Å². The second kappa shape index (κ2) is 6.67. The van der Waals surface area contributed by atoms with Crippen molar-refractivity contribution >= 4 is 17.3 Å². The van der Waals surface area contributed by atoms with Gasteiger partial charge in [-0.05, 0) is 25.3 Å². The van der Waals surface area contributed by atoms with Gasteiger partial charge in [0.15, 0.2) is 6.54 Å². The van der Waals surface area contributed by atoms with Crippen LogP contribution in [0.5, 0.6) is 0 Å². The fourth-order valence-electron chi connectivity index (χ4n) is 2.84. The maximum Gasteiger partial charge on any atom is 0.279 e. The number of carbonyl (C=O) groups is 1. The van der Waals surface area contributed by atoms with E-state index in [2.05, 4.69) is 12.2 Å². The fourth-order valence-corrected chi connectivity index (χ4v) is 2.84. The predicted octanol–water partition coefficient (Wildman–Crippen LogP) is 1.16. The monoisotopic (exact) mass is 292 g/mol. The summed E-state index contributed by atoms with van der Waals surface area (Å²) in [7, 11) is 0. The summed E-state index contributed by atoms with van der Waals surface area (Å²) in [6.07, 6.45) is 2.38. The van der Waals surface area contributed by atoms with Gasteiger partial charge in [-0.25, -0.2) is 0 Å². The molecule has 6 heteroatoms. The van der Waals surface area contributed by atoms with Gasteiger partial charge in [0.1, 0.15) is 0 Å². The zero-order valence-electron chi connectivity index (χ0n) is 12.5. The van der Waals surface area contributed by atoms with Gasteiger partial charge in [0.25, 0.3) is 11.6 Å². The first-order chi connectivity index (χ1) is 9.95. The highest BCUT2D eigenvalue weighted by Gasteiger charge is 2.22. The Morgan fingerprint density at radius 1 is 1.52 bits per heavy atom. The maximum absolute atomic E-state index is 12.1. The molecule has 2 N–H and O–H groups in total. The molecule has 2 atom stereocenters. The minimum atomic E-state index is -0.452. The number of nitro groups is 1. The highest BCUT2D eigenvalue weighted by molar-refractivity contribution is 5.92. The molecule has 1 aliphatic heterocycles. The number of nitrogens with one attached hydrogen (secondary N) is 2. The molecule has 1 aromatic carbocycles. The molecule has 1 aliphatic rings. The van der Waals surface area contributed by atoms with Crippen LogP contribution in [-0.4, -0.2) is 30.5 Å². The van der Waals surface area contributed by atoms with Crippen molar-refractivity contribution in [2.45, 2.75) is 26.7 Å². The van der Waals surface area contributed by atoms with Gasteiger partial charge in [0.2, 0.25) is 0 Å². The number of hydrogen-bond donors (Lipinski definition) is 2. The number of non-ortho nitro benzene ring substituents is 1. The quantitative estimate of drug-likeness (QED) is 0.646. The third kappa shape index (κ3) is 4.26. The van der Waals surface area contributed by atoms with E-state index in [9.17, 15) is 14.9 Å². The average Bonchev–Trinajstić information content (AvgIpc) is 2.41. The SMILES string of the molecule is Cc1ccc([N+](=O)[O-])cc1NC(=O)C[NH+]1CCC[C@@H](C)C1. The lowest BCUT2D eigenvalue weighted by Crippen LogP contribution is -3.14. The fraction of sp³-hybridized carbons (Fsp3) is 0.533. The van der Waals surface area contributed by atoms with Crippen molar-refractivity contribution in [2.24, 2.45) is 5.92 Å². The number of piperidine rings is 1. The standard InChI is InChI=1S/C15H21N3O3/c1-11-4-3-7-17(9-11)10-15(19)16-14-8-13(18(20)21)6-5-12(14)2/h5-6,8,11H,3-4,7,9-10H2,1-2H3,(H,16,19)/p+1/t11-/m1/s1. The lowest BCUT2D eigenvalue weighted by atomic mass is 10.0. The highest BCUT2D eigenvalue weighted by atomic mass is 16.6. The Bertz CT molecular complexity index is 545. The smallest absolute Gasteiger partial charge is 0.279 e. The van der Waals surface area contributed by atoms with Crippen LogP contribution >= 0.6 is 0 Å². The number of likely N-dealkylation sites (tertiary alicyclic amines) is 1. The zero-order chi connectivity index (χ0) is 15.4. The van der Waals surface area contributed by atoms with Crippen molar-refractivity contribution in [3.8, 4) is 0 Å². The van der Waals surface area contributed by atoms with Gasteiger partial charge in [0.05, 0.1) is 23.7 Å². The van der Waals surface area contributed by atoms with Gasteiger partial charge in [-0.2, -0.15) is 0 Å². The van der Waals surface area contributed by atoms with Crippen LogP contribution in [0.4, 0.5) is 11.4 Å². The zero-order valence-corrected chi connectivity index (χ0v) is 12.5. The molecular formula is C15H22N3O3+. The van der Waals surface area contributed by atoms with E-state index < -0.39 is 4.92 Å². The van der Waals surface area contributed by atoms with E-state index in [1.807, 2.05) is 6.92 Å². The molecule has 6 nitrogen and oxygen atoms in total. The number of rotatable bonds is 4. The van der Waals surface area contributed by atoms with E-state index in [4.69, 9.17) is 0 Å². The summed E-state index contributed by atoms with van der Waals surface area (Å²) in [5.74, 6) is 0.573. The second-order valence-electron chi connectivity index (χ2n) is 5.93. The molecule has 114 valence electrons. The van der Waals surface area contributed by atoms with Crippen molar-refractivity contribution in [1.82, 2.24) is 0 Å². The van der Waals surface area contributed by atoms with Gasteiger partial charge in [0, 0.05) is 18.1 Å². The Morgan fingerprint density at radius 2 is 2.29 bits per heavy atom. The molecule has 21 heavy (non-hydrogen) atoms. The Labute approximate surface area is 124 Å². The lowest BCUT2D eigenvalue weighted by Gasteiger charge is -2.27. The normalized spacial score (nSPS) is 21.8. The average molecular weight is 292 g/mol. The van der Waals surface area contributed by atoms with E-state index in [1.54, 1.807) is 6.07 Å². The predicted molar refractivity (Wildman–Crippen MR) is 80.4 cm³/mol. The third-order valence-electron chi connectivity index (χ3n) is 3.98. The number of nitrogens with zero attached hydrogens (tertiary/aromatic N) is 1. The largest absolute Gasteiger partial charge is 0.327 e. The van der Waals surface area contributed by atoms with Crippen LogP contribution in [0, 0.1) is 23.0 Å². The number of anilines is 1. The Morgan fingerprint density at radius 3 is 2.95 bits per heavy atom. The molecule has 1 aromatic rings. The van der Waals surface area contributed by atoms with E-state index in [0.717, 1.165) is 25.1 Å². The molecule has 1 fully saturated rings. The minimum Gasteiger partial charge on any atom is -0.327 e. The number of hydrogen-bond acceptors (Lipinski definition) is 3. The maximum atomic E-state index is 12.1. The van der Waals surface area contributed by atoms with Crippen molar-refractivity contribution in [3.05, 3.63) is 33.9 Å². The van der Waals surface area contributed by atoms with E-state index in [1.165, 1.54) is 23.5 Å². The molecule has 1 heterocycles. The first-order valence-corrected chi connectivity index (χ1v) is 7.34. The summed E-state index contributed by atoms with van der Waals surface area (Å²) < 4.78 is 0. The van der Waals surface area contributed by atoms with Crippen LogP contribution in [-0.2, 0) is 4.79 Å². The number of amides is 1. The minimum absolute atomic E-state index is 0.00478. The Kier molecular flexibility index (Phi) is 4.90. The van der Waals surface area contributed by atoms with Gasteiger partial charge in [-0.15, -0.1) is 0 Å². The molecule has 0 aliphatic carbocycles. The van der Waals surface area contributed by atoms with Crippen molar-refractivity contribution in [3.63, 3.8) is 0 Å². The Balaban J connectivity index is 1.99. The molecule has 1 saturated heterocycles. The first kappa shape index (κ1) is 15.4. The topological polar surface area (TPSA) is 76.7 Å². The Hall–Kier alpha value is -1.95. The van der Waals surface area contributed by atoms with Crippen LogP contribution in [0.2, 0.25) is 0 Å². The molecular weight excluding hydrogens is 270 g/mol. The van der Waals surface area contributed by atoms with Crippen LogP contribution < -0.4 is 10.2 Å². The van der Waals surface area contributed by atoms with Crippen LogP contribution in [0.25, 0.3) is 0 Å². The third-order valence-corrected chi connectivity index (χ3v) is 3.98. The summed E-state index contributed by atoms with van der Waals surface area (Å²) in [4.78, 5) is 23.7. The molecule has 0 spiro atoms. The van der Waals surface area contributed by atoms with E-state index in [0.29, 0.717) is 18.2 Å². The summed E-state index contributed by atoms with van der Waals surface area (Å²) in [5, 5.41) is 13.6. The molecule has 0 bridgehead atoms. The van der Waals surface area contributed by atoms with Crippen LogP contribution in [0.15, 0.2) is 18.2 Å². The van der Waals surface area contributed by atoms with Crippen LogP contribution in [0.1, 0.15) is 25.3 Å². The lowest BCUT2D eigenvalue weighted by molar-refractivity contribution is -0.900. The number of quaternary nitrogens is 1. The molecule has 1 amide bonds. The number of benzene rings is 1. The van der Waals surface area contributed by atoms with Crippen molar-refractivity contribution < 1.29 is 14.6 Å². The van der Waals surface area contributed by atoms with Gasteiger partial charge in [-0.1, -0.05) is 13.0 Å². The van der Waals surface area contributed by atoms with Crippen molar-refractivity contribution in [1.29, 1.82) is 0 Å². The van der Waals surface area contributed by atoms with E-state index in [-0.39, 0.29) is 11.6 Å². The number of aryl methyl sites for hydroxylation is 1. The van der Waals surface area contributed by atoms with Crippen LogP contribution in [0.3, 0.4) is 0 Å². The summed E-state index contributed by atoms with van der Waals surface area (Å²) in [6.45, 7) is 6.50. The molecule has 0 aromatic heterocycles. The summed E-state index contributed by atoms with van der Waals surface area (Å²) in [6, 6.07) is 4.52. The molecule has 0 saturated carbocycles. The molecule has 2 rings (SSSR count). The number of nitro benzene ring substituents is 1. The number of carbonyl (C=O) groups excluding carboxylic acids is 1. The van der Waals surface area contributed by atoms with Gasteiger partial charge < -0.3 is 10.2 Å². The molecule has 0 radical (unpaired) electrons. The van der Waals surface area contributed by atoms with Gasteiger partial charge >= 0.3 is 0 Å². The molecule has 1 unspecified atom stereocenters.